The van der Waals surface area contributed by atoms with Crippen molar-refractivity contribution in [1.82, 2.24) is 10.6 Å². The van der Waals surface area contributed by atoms with Gasteiger partial charge in [-0.15, -0.1) is 0 Å². The maximum absolute atomic E-state index is 10.8. The van der Waals surface area contributed by atoms with Crippen LogP contribution < -0.4 is 10.6 Å². The summed E-state index contributed by atoms with van der Waals surface area (Å²) in [5.74, 6) is -0.821. The zero-order valence-electron chi connectivity index (χ0n) is 7.54. The van der Waals surface area contributed by atoms with Gasteiger partial charge in [-0.1, -0.05) is 0 Å². The van der Waals surface area contributed by atoms with E-state index in [-0.39, 0.29) is 11.9 Å². The molecule has 0 aliphatic carbocycles. The Morgan fingerprint density at radius 1 is 1.77 bits per heavy atom. The van der Waals surface area contributed by atoms with Gasteiger partial charge < -0.3 is 15.7 Å². The topological polar surface area (TPSA) is 78.4 Å². The van der Waals surface area contributed by atoms with E-state index in [0.29, 0.717) is 19.4 Å². The molecule has 5 heteroatoms. The molecule has 3 N–H and O–H groups in total. The average molecular weight is 186 g/mol. The van der Waals surface area contributed by atoms with Crippen molar-refractivity contribution in [1.29, 1.82) is 0 Å². The van der Waals surface area contributed by atoms with Crippen LogP contribution in [0, 0.1) is 0 Å². The van der Waals surface area contributed by atoms with Crippen LogP contribution in [0.1, 0.15) is 19.8 Å². The highest BCUT2D eigenvalue weighted by atomic mass is 16.4. The predicted octanol–water partition coefficient (Wildman–Crippen LogP) is -0.672. The molecule has 0 saturated carbocycles. The molecule has 0 radical (unpaired) electrons. The van der Waals surface area contributed by atoms with Gasteiger partial charge in [0.1, 0.15) is 6.04 Å². The van der Waals surface area contributed by atoms with Crippen molar-refractivity contribution in [2.45, 2.75) is 31.8 Å². The fraction of sp³-hybridized carbons (Fsp3) is 0.750. The number of carbonyl (C=O) groups excluding carboxylic acids is 1. The fourth-order valence-electron chi connectivity index (χ4n) is 1.30. The summed E-state index contributed by atoms with van der Waals surface area (Å²) in [5, 5.41) is 14.2. The van der Waals surface area contributed by atoms with E-state index < -0.39 is 12.0 Å². The molecular formula is C8H14N2O3. The Balaban J connectivity index is 2.30. The number of piperidine rings is 1. The summed E-state index contributed by atoms with van der Waals surface area (Å²) in [7, 11) is 0. The van der Waals surface area contributed by atoms with E-state index in [1.54, 1.807) is 6.92 Å². The lowest BCUT2D eigenvalue weighted by atomic mass is 10.1. The molecule has 1 fully saturated rings. The first-order valence-electron chi connectivity index (χ1n) is 4.35. The third-order valence-electron chi connectivity index (χ3n) is 2.12. The molecule has 1 aliphatic heterocycles. The normalized spacial score (nSPS) is 25.0. The van der Waals surface area contributed by atoms with Gasteiger partial charge in [0.15, 0.2) is 0 Å². The molecule has 1 saturated heterocycles. The van der Waals surface area contributed by atoms with Gasteiger partial charge >= 0.3 is 5.97 Å². The summed E-state index contributed by atoms with van der Waals surface area (Å²) in [6, 6.07) is -0.469. The second kappa shape index (κ2) is 4.23. The Labute approximate surface area is 76.5 Å². The quantitative estimate of drug-likeness (QED) is 0.546. The number of hydrogen-bond donors (Lipinski definition) is 3. The Morgan fingerprint density at radius 2 is 2.46 bits per heavy atom. The first-order chi connectivity index (χ1) is 6.09. The minimum absolute atomic E-state index is 0.0426. The SMILES string of the molecule is CC(NC1CCC(=O)NC1)C(=O)O. The van der Waals surface area contributed by atoms with Crippen LogP contribution in [0.15, 0.2) is 0 Å². The predicted molar refractivity (Wildman–Crippen MR) is 46.3 cm³/mol. The second-order valence-electron chi connectivity index (χ2n) is 3.27. The van der Waals surface area contributed by atoms with Gasteiger partial charge in [0.05, 0.1) is 0 Å². The zero-order valence-corrected chi connectivity index (χ0v) is 7.54. The van der Waals surface area contributed by atoms with Crippen molar-refractivity contribution in [2.75, 3.05) is 6.54 Å². The monoisotopic (exact) mass is 186 g/mol. The van der Waals surface area contributed by atoms with Crippen molar-refractivity contribution < 1.29 is 14.7 Å². The summed E-state index contributed by atoms with van der Waals surface area (Å²) >= 11 is 0. The van der Waals surface area contributed by atoms with Gasteiger partial charge in [-0.3, -0.25) is 9.59 Å². The number of nitrogens with one attached hydrogen (secondary N) is 2. The Morgan fingerprint density at radius 3 is 2.92 bits per heavy atom. The van der Waals surface area contributed by atoms with Crippen molar-refractivity contribution >= 4 is 11.9 Å². The summed E-state index contributed by atoms with van der Waals surface area (Å²) in [5.41, 5.74) is 0. The fourth-order valence-corrected chi connectivity index (χ4v) is 1.30. The van der Waals surface area contributed by atoms with Crippen LogP contribution in [0.5, 0.6) is 0 Å². The average Bonchev–Trinajstić information content (AvgIpc) is 2.08. The molecule has 1 aliphatic rings. The van der Waals surface area contributed by atoms with E-state index in [4.69, 9.17) is 5.11 Å². The number of rotatable bonds is 3. The highest BCUT2D eigenvalue weighted by molar-refractivity contribution is 5.77. The van der Waals surface area contributed by atoms with Crippen LogP contribution in [-0.4, -0.2) is 35.6 Å². The van der Waals surface area contributed by atoms with Gasteiger partial charge in [-0.05, 0) is 13.3 Å². The van der Waals surface area contributed by atoms with E-state index in [0.717, 1.165) is 0 Å². The van der Waals surface area contributed by atoms with Crippen LogP contribution in [0.25, 0.3) is 0 Å². The molecule has 2 atom stereocenters. The lowest BCUT2D eigenvalue weighted by Gasteiger charge is -2.25. The summed E-state index contributed by atoms with van der Waals surface area (Å²) in [6.07, 6.45) is 1.19. The Kier molecular flexibility index (Phi) is 3.25. The second-order valence-corrected chi connectivity index (χ2v) is 3.27. The summed E-state index contributed by atoms with van der Waals surface area (Å²) < 4.78 is 0. The van der Waals surface area contributed by atoms with E-state index in [9.17, 15) is 9.59 Å². The maximum atomic E-state index is 10.8. The Bertz CT molecular complexity index is 207. The number of aliphatic carboxylic acids is 1. The molecular weight excluding hydrogens is 172 g/mol. The highest BCUT2D eigenvalue weighted by Crippen LogP contribution is 2.03. The van der Waals surface area contributed by atoms with Crippen LogP contribution in [0.3, 0.4) is 0 Å². The maximum Gasteiger partial charge on any atom is 0.320 e. The zero-order chi connectivity index (χ0) is 9.84. The molecule has 1 amide bonds. The summed E-state index contributed by atoms with van der Waals surface area (Å²) in [4.78, 5) is 21.3. The number of carbonyl (C=O) groups is 2. The first-order valence-corrected chi connectivity index (χ1v) is 4.35. The molecule has 0 aromatic carbocycles. The van der Waals surface area contributed by atoms with Crippen molar-refractivity contribution in [2.24, 2.45) is 0 Å². The van der Waals surface area contributed by atoms with E-state index in [1.165, 1.54) is 0 Å². The van der Waals surface area contributed by atoms with Gasteiger partial charge in [0.25, 0.3) is 0 Å². The number of amides is 1. The van der Waals surface area contributed by atoms with Crippen LogP contribution in [0.2, 0.25) is 0 Å². The third kappa shape index (κ3) is 3.02. The first kappa shape index (κ1) is 9.98. The van der Waals surface area contributed by atoms with Gasteiger partial charge in [-0.2, -0.15) is 0 Å². The van der Waals surface area contributed by atoms with Gasteiger partial charge in [0.2, 0.25) is 5.91 Å². The summed E-state index contributed by atoms with van der Waals surface area (Å²) in [6.45, 7) is 2.12. The van der Waals surface area contributed by atoms with Gasteiger partial charge in [-0.25, -0.2) is 0 Å². The largest absolute Gasteiger partial charge is 0.480 e. The molecule has 1 heterocycles. The van der Waals surface area contributed by atoms with Crippen LogP contribution in [-0.2, 0) is 9.59 Å². The minimum Gasteiger partial charge on any atom is -0.480 e. The lowest BCUT2D eigenvalue weighted by Crippen LogP contribution is -2.50. The number of carboxylic acids is 1. The smallest absolute Gasteiger partial charge is 0.320 e. The minimum atomic E-state index is -0.864. The van der Waals surface area contributed by atoms with E-state index in [2.05, 4.69) is 10.6 Å². The highest BCUT2D eigenvalue weighted by Gasteiger charge is 2.21. The van der Waals surface area contributed by atoms with Crippen LogP contribution in [0.4, 0.5) is 0 Å². The third-order valence-corrected chi connectivity index (χ3v) is 2.12. The molecule has 74 valence electrons. The molecule has 5 nitrogen and oxygen atoms in total. The van der Waals surface area contributed by atoms with Crippen LogP contribution >= 0.6 is 0 Å². The molecule has 0 spiro atoms. The van der Waals surface area contributed by atoms with Crippen molar-refractivity contribution in [3.05, 3.63) is 0 Å². The lowest BCUT2D eigenvalue weighted by molar-refractivity contribution is -0.139. The van der Waals surface area contributed by atoms with Crippen molar-refractivity contribution in [3.63, 3.8) is 0 Å². The molecule has 1 rings (SSSR count). The van der Waals surface area contributed by atoms with Gasteiger partial charge in [0, 0.05) is 19.0 Å². The number of hydrogen-bond acceptors (Lipinski definition) is 3. The molecule has 0 aromatic rings. The van der Waals surface area contributed by atoms with E-state index >= 15 is 0 Å². The standard InChI is InChI=1S/C8H14N2O3/c1-5(8(12)13)10-6-2-3-7(11)9-4-6/h5-6,10H,2-4H2,1H3,(H,9,11)(H,12,13). The molecule has 0 bridgehead atoms. The number of carboxylic acid groups (broad SMARTS) is 1. The van der Waals surface area contributed by atoms with E-state index in [1.807, 2.05) is 0 Å². The molecule has 0 aromatic heterocycles. The Hall–Kier alpha value is -1.10. The molecule has 13 heavy (non-hydrogen) atoms. The van der Waals surface area contributed by atoms with Crippen molar-refractivity contribution in [3.8, 4) is 0 Å². The molecule has 2 unspecified atom stereocenters.